The highest BCUT2D eigenvalue weighted by Crippen LogP contribution is 2.43. The third-order valence-corrected chi connectivity index (χ3v) is 5.42. The molecule has 1 N–H and O–H groups in total. The molecule has 1 aliphatic rings. The molecule has 0 radical (unpaired) electrons. The summed E-state index contributed by atoms with van der Waals surface area (Å²) in [6.07, 6.45) is 5.27. The van der Waals surface area contributed by atoms with Gasteiger partial charge in [-0.3, -0.25) is 0 Å². The van der Waals surface area contributed by atoms with Crippen LogP contribution in [0.1, 0.15) is 50.7 Å². The Morgan fingerprint density at radius 1 is 1.42 bits per heavy atom. The zero-order chi connectivity index (χ0) is 13.9. The molecule has 1 aromatic rings. The van der Waals surface area contributed by atoms with Crippen molar-refractivity contribution in [1.82, 2.24) is 10.3 Å². The van der Waals surface area contributed by atoms with Gasteiger partial charge in [0, 0.05) is 17.5 Å². The van der Waals surface area contributed by atoms with E-state index < -0.39 is 0 Å². The molecule has 0 bridgehead atoms. The quantitative estimate of drug-likeness (QED) is 0.880. The van der Waals surface area contributed by atoms with Crippen molar-refractivity contribution >= 4 is 11.3 Å². The topological polar surface area (TPSA) is 24.9 Å². The molecule has 3 heteroatoms. The van der Waals surface area contributed by atoms with E-state index in [1.807, 2.05) is 11.3 Å². The Balaban J connectivity index is 2.02. The second-order valence-corrected chi connectivity index (χ2v) is 7.76. The molecule has 1 saturated carbocycles. The van der Waals surface area contributed by atoms with E-state index >= 15 is 0 Å². The molecule has 2 atom stereocenters. The van der Waals surface area contributed by atoms with Gasteiger partial charge in [-0.1, -0.05) is 20.8 Å². The zero-order valence-corrected chi connectivity index (χ0v) is 13.6. The van der Waals surface area contributed by atoms with Crippen LogP contribution in [0.4, 0.5) is 0 Å². The van der Waals surface area contributed by atoms with Crippen molar-refractivity contribution in [2.45, 2.75) is 53.4 Å². The van der Waals surface area contributed by atoms with Crippen LogP contribution in [-0.2, 0) is 6.42 Å². The van der Waals surface area contributed by atoms with Crippen LogP contribution in [0.5, 0.6) is 0 Å². The second kappa shape index (κ2) is 6.36. The van der Waals surface area contributed by atoms with E-state index in [0.717, 1.165) is 18.4 Å². The lowest BCUT2D eigenvalue weighted by molar-refractivity contribution is 0.116. The molecule has 1 aromatic heterocycles. The van der Waals surface area contributed by atoms with Gasteiger partial charge in [-0.25, -0.2) is 4.98 Å². The Hall–Kier alpha value is -0.410. The molecule has 0 spiro atoms. The number of hydrogen-bond donors (Lipinski definition) is 1. The van der Waals surface area contributed by atoms with Gasteiger partial charge in [0.05, 0.1) is 5.01 Å². The third-order valence-electron chi connectivity index (χ3n) is 4.43. The molecule has 1 aliphatic carbocycles. The van der Waals surface area contributed by atoms with E-state index in [0.29, 0.717) is 5.41 Å². The number of nitrogens with one attached hydrogen (secondary N) is 1. The Morgan fingerprint density at radius 2 is 2.21 bits per heavy atom. The standard InChI is InChI=1S/C16H28N2S/c1-5-17-10-13-6-7-16(3,4)9-14(13)8-15-18-12(2)11-19-15/h11,13-14,17H,5-10H2,1-4H3. The summed E-state index contributed by atoms with van der Waals surface area (Å²) >= 11 is 1.84. The molecule has 108 valence electrons. The first kappa shape index (κ1) is 15.0. The van der Waals surface area contributed by atoms with Crippen LogP contribution in [0.3, 0.4) is 0 Å². The summed E-state index contributed by atoms with van der Waals surface area (Å²) in [7, 11) is 0. The number of aromatic nitrogens is 1. The molecule has 2 nitrogen and oxygen atoms in total. The van der Waals surface area contributed by atoms with E-state index in [4.69, 9.17) is 0 Å². The maximum Gasteiger partial charge on any atom is 0.0930 e. The number of thiazole rings is 1. The van der Waals surface area contributed by atoms with Crippen molar-refractivity contribution in [1.29, 1.82) is 0 Å². The van der Waals surface area contributed by atoms with Crippen molar-refractivity contribution in [3.63, 3.8) is 0 Å². The summed E-state index contributed by atoms with van der Waals surface area (Å²) in [6, 6.07) is 0. The monoisotopic (exact) mass is 280 g/mol. The van der Waals surface area contributed by atoms with Crippen LogP contribution < -0.4 is 5.32 Å². The summed E-state index contributed by atoms with van der Waals surface area (Å²) in [5.74, 6) is 1.63. The van der Waals surface area contributed by atoms with Gasteiger partial charge in [-0.05, 0) is 56.5 Å². The van der Waals surface area contributed by atoms with Crippen LogP contribution in [0.25, 0.3) is 0 Å². The first-order valence-corrected chi connectivity index (χ1v) is 8.50. The minimum Gasteiger partial charge on any atom is -0.317 e. The molecule has 0 aliphatic heterocycles. The first-order chi connectivity index (χ1) is 9.00. The van der Waals surface area contributed by atoms with E-state index in [1.54, 1.807) is 0 Å². The SMILES string of the molecule is CCNCC1CCC(C)(C)CC1Cc1nc(C)cs1. The minimum atomic E-state index is 0.514. The summed E-state index contributed by atoms with van der Waals surface area (Å²) in [4.78, 5) is 4.67. The zero-order valence-electron chi connectivity index (χ0n) is 12.8. The molecule has 0 aromatic carbocycles. The lowest BCUT2D eigenvalue weighted by atomic mass is 9.66. The first-order valence-electron chi connectivity index (χ1n) is 7.62. The van der Waals surface area contributed by atoms with Crippen LogP contribution in [0, 0.1) is 24.2 Å². The summed E-state index contributed by atoms with van der Waals surface area (Å²) in [5.41, 5.74) is 1.69. The predicted octanol–water partition coefficient (Wildman–Crippen LogP) is 4.05. The Kier molecular flexibility index (Phi) is 5.02. The number of aryl methyl sites for hydroxylation is 1. The van der Waals surface area contributed by atoms with E-state index in [9.17, 15) is 0 Å². The summed E-state index contributed by atoms with van der Waals surface area (Å²) in [5, 5.41) is 7.07. The van der Waals surface area contributed by atoms with Gasteiger partial charge in [0.2, 0.25) is 0 Å². The molecule has 2 rings (SSSR count). The van der Waals surface area contributed by atoms with Gasteiger partial charge in [0.15, 0.2) is 0 Å². The molecule has 0 amide bonds. The van der Waals surface area contributed by atoms with E-state index in [1.165, 1.54) is 42.9 Å². The summed E-state index contributed by atoms with van der Waals surface area (Å²) < 4.78 is 0. The Bertz CT molecular complexity index is 397. The number of rotatable bonds is 5. The molecular formula is C16H28N2S. The lowest BCUT2D eigenvalue weighted by Crippen LogP contribution is -2.37. The molecule has 2 unspecified atom stereocenters. The van der Waals surface area contributed by atoms with Gasteiger partial charge < -0.3 is 5.32 Å². The van der Waals surface area contributed by atoms with Crippen molar-refractivity contribution in [2.75, 3.05) is 13.1 Å². The fourth-order valence-electron chi connectivity index (χ4n) is 3.35. The molecule has 1 fully saturated rings. The smallest absolute Gasteiger partial charge is 0.0930 e. The Morgan fingerprint density at radius 3 is 2.84 bits per heavy atom. The summed E-state index contributed by atoms with van der Waals surface area (Å²) in [6.45, 7) is 11.4. The Labute approximate surface area is 122 Å². The van der Waals surface area contributed by atoms with Crippen LogP contribution in [0.15, 0.2) is 5.38 Å². The average molecular weight is 280 g/mol. The second-order valence-electron chi connectivity index (χ2n) is 6.82. The van der Waals surface area contributed by atoms with Crippen LogP contribution >= 0.6 is 11.3 Å². The molecule has 1 heterocycles. The maximum atomic E-state index is 4.67. The fraction of sp³-hybridized carbons (Fsp3) is 0.812. The van der Waals surface area contributed by atoms with Crippen molar-refractivity contribution in [3.05, 3.63) is 16.1 Å². The van der Waals surface area contributed by atoms with Gasteiger partial charge in [0.1, 0.15) is 0 Å². The fourth-order valence-corrected chi connectivity index (χ4v) is 4.21. The highest BCUT2D eigenvalue weighted by atomic mass is 32.1. The normalized spacial score (nSPS) is 26.5. The average Bonchev–Trinajstić information content (AvgIpc) is 2.73. The lowest BCUT2D eigenvalue weighted by Gasteiger charge is -2.41. The van der Waals surface area contributed by atoms with Crippen LogP contribution in [-0.4, -0.2) is 18.1 Å². The molecule has 19 heavy (non-hydrogen) atoms. The highest BCUT2D eigenvalue weighted by Gasteiger charge is 2.34. The maximum absolute atomic E-state index is 4.67. The van der Waals surface area contributed by atoms with Gasteiger partial charge >= 0.3 is 0 Å². The van der Waals surface area contributed by atoms with E-state index in [2.05, 4.69) is 43.4 Å². The minimum absolute atomic E-state index is 0.514. The van der Waals surface area contributed by atoms with Crippen molar-refractivity contribution < 1.29 is 0 Å². The molecule has 0 saturated heterocycles. The highest BCUT2D eigenvalue weighted by molar-refractivity contribution is 7.09. The third kappa shape index (κ3) is 4.28. The van der Waals surface area contributed by atoms with Gasteiger partial charge in [-0.2, -0.15) is 0 Å². The number of nitrogens with zero attached hydrogens (tertiary/aromatic N) is 1. The van der Waals surface area contributed by atoms with Gasteiger partial charge in [-0.15, -0.1) is 11.3 Å². The van der Waals surface area contributed by atoms with E-state index in [-0.39, 0.29) is 0 Å². The largest absolute Gasteiger partial charge is 0.317 e. The van der Waals surface area contributed by atoms with Gasteiger partial charge in [0.25, 0.3) is 0 Å². The number of hydrogen-bond acceptors (Lipinski definition) is 3. The van der Waals surface area contributed by atoms with Crippen molar-refractivity contribution in [3.8, 4) is 0 Å². The molecular weight excluding hydrogens is 252 g/mol. The van der Waals surface area contributed by atoms with Crippen molar-refractivity contribution in [2.24, 2.45) is 17.3 Å². The predicted molar refractivity (Wildman–Crippen MR) is 83.7 cm³/mol. The van der Waals surface area contributed by atoms with Crippen LogP contribution in [0.2, 0.25) is 0 Å².